The van der Waals surface area contributed by atoms with Crippen molar-refractivity contribution in [3.05, 3.63) is 77.5 Å². The largest absolute Gasteiger partial charge is 0.493 e. The number of aliphatic imine (C=N–C) groups is 1. The van der Waals surface area contributed by atoms with E-state index >= 15 is 0 Å². The number of hydrogen-bond donors (Lipinski definition) is 0. The molecule has 0 N–H and O–H groups in total. The van der Waals surface area contributed by atoms with Crippen molar-refractivity contribution in [2.45, 2.75) is 6.92 Å². The fraction of sp³-hybridized carbons (Fsp3) is 0.130. The number of fused-ring (bicyclic) bond motifs is 1. The fourth-order valence-corrected chi connectivity index (χ4v) is 3.14. The van der Waals surface area contributed by atoms with Crippen LogP contribution in [0.1, 0.15) is 18.1 Å². The van der Waals surface area contributed by atoms with Crippen LogP contribution in [-0.4, -0.2) is 25.6 Å². The van der Waals surface area contributed by atoms with Crippen molar-refractivity contribution in [2.24, 2.45) is 4.99 Å². The Hall–Kier alpha value is -3.60. The van der Waals surface area contributed by atoms with Crippen molar-refractivity contribution in [3.63, 3.8) is 0 Å². The lowest BCUT2D eigenvalue weighted by molar-refractivity contribution is -0.129. The number of nitrogens with zero attached hydrogens (tertiary/aromatic N) is 1. The molecule has 1 heterocycles. The van der Waals surface area contributed by atoms with Gasteiger partial charge in [0.25, 0.3) is 0 Å². The van der Waals surface area contributed by atoms with E-state index in [0.29, 0.717) is 24.0 Å². The van der Waals surface area contributed by atoms with Crippen LogP contribution in [0.5, 0.6) is 11.5 Å². The van der Waals surface area contributed by atoms with E-state index in [1.807, 2.05) is 61.5 Å². The van der Waals surface area contributed by atoms with Gasteiger partial charge in [0, 0.05) is 5.56 Å². The zero-order valence-electron chi connectivity index (χ0n) is 15.6. The predicted octanol–water partition coefficient (Wildman–Crippen LogP) is 4.59. The number of benzene rings is 3. The molecule has 0 amide bonds. The molecule has 0 bridgehead atoms. The first-order valence-corrected chi connectivity index (χ1v) is 9.01. The van der Waals surface area contributed by atoms with Crippen molar-refractivity contribution < 1.29 is 19.0 Å². The van der Waals surface area contributed by atoms with Gasteiger partial charge in [-0.15, -0.1) is 0 Å². The molecule has 1 aliphatic rings. The Bertz CT molecular complexity index is 1110. The molecule has 0 atom stereocenters. The molecule has 4 rings (SSSR count). The molecule has 0 aliphatic carbocycles. The monoisotopic (exact) mass is 373 g/mol. The average Bonchev–Trinajstić information content (AvgIpc) is 3.09. The highest BCUT2D eigenvalue weighted by atomic mass is 16.6. The Labute approximate surface area is 162 Å². The Kier molecular flexibility index (Phi) is 4.81. The van der Waals surface area contributed by atoms with Crippen molar-refractivity contribution >= 4 is 28.7 Å². The van der Waals surface area contributed by atoms with Gasteiger partial charge < -0.3 is 14.2 Å². The van der Waals surface area contributed by atoms with Crippen LogP contribution in [0, 0.1) is 0 Å². The van der Waals surface area contributed by atoms with E-state index in [1.54, 1.807) is 19.3 Å². The lowest BCUT2D eigenvalue weighted by Gasteiger charge is -2.09. The standard InChI is InChI=1S/C23H19NO4/c1-3-27-20-12-11-15(14-21(20)26-2)13-19-23(25)28-22(24-19)18-10-6-8-16-7-4-5-9-17(16)18/h4-14H,3H2,1-2H3/b19-13-. The van der Waals surface area contributed by atoms with E-state index < -0.39 is 5.97 Å². The van der Waals surface area contributed by atoms with Crippen LogP contribution in [0.3, 0.4) is 0 Å². The second kappa shape index (κ2) is 7.56. The molecule has 0 saturated carbocycles. The first kappa shape index (κ1) is 17.8. The summed E-state index contributed by atoms with van der Waals surface area (Å²) in [6, 6.07) is 19.2. The summed E-state index contributed by atoms with van der Waals surface area (Å²) in [6.07, 6.45) is 1.68. The first-order chi connectivity index (χ1) is 13.7. The van der Waals surface area contributed by atoms with Crippen LogP contribution in [0.25, 0.3) is 16.8 Å². The van der Waals surface area contributed by atoms with Crippen LogP contribution in [0.2, 0.25) is 0 Å². The highest BCUT2D eigenvalue weighted by molar-refractivity contribution is 6.17. The number of methoxy groups -OCH3 is 1. The highest BCUT2D eigenvalue weighted by Gasteiger charge is 2.25. The Morgan fingerprint density at radius 3 is 2.68 bits per heavy atom. The molecule has 0 aromatic heterocycles. The summed E-state index contributed by atoms with van der Waals surface area (Å²) in [4.78, 5) is 16.8. The molecule has 3 aromatic rings. The van der Waals surface area contributed by atoms with Gasteiger partial charge in [0.15, 0.2) is 17.2 Å². The molecule has 0 fully saturated rings. The maximum absolute atomic E-state index is 12.4. The third-order valence-corrected chi connectivity index (χ3v) is 4.43. The number of carbonyl (C=O) groups excluding carboxylic acids is 1. The van der Waals surface area contributed by atoms with Gasteiger partial charge in [0.05, 0.1) is 13.7 Å². The van der Waals surface area contributed by atoms with E-state index in [0.717, 1.165) is 21.9 Å². The lowest BCUT2D eigenvalue weighted by Crippen LogP contribution is -2.05. The summed E-state index contributed by atoms with van der Waals surface area (Å²) < 4.78 is 16.3. The summed E-state index contributed by atoms with van der Waals surface area (Å²) in [7, 11) is 1.58. The fourth-order valence-electron chi connectivity index (χ4n) is 3.14. The van der Waals surface area contributed by atoms with E-state index in [2.05, 4.69) is 4.99 Å². The quantitative estimate of drug-likeness (QED) is 0.485. The predicted molar refractivity (Wildman–Crippen MR) is 109 cm³/mol. The maximum Gasteiger partial charge on any atom is 0.363 e. The lowest BCUT2D eigenvalue weighted by atomic mass is 10.0. The highest BCUT2D eigenvalue weighted by Crippen LogP contribution is 2.30. The zero-order valence-corrected chi connectivity index (χ0v) is 15.6. The van der Waals surface area contributed by atoms with Crippen LogP contribution in [-0.2, 0) is 9.53 Å². The summed E-state index contributed by atoms with van der Waals surface area (Å²) >= 11 is 0. The van der Waals surface area contributed by atoms with Crippen molar-refractivity contribution in [3.8, 4) is 11.5 Å². The molecular weight excluding hydrogens is 354 g/mol. The van der Waals surface area contributed by atoms with Gasteiger partial charge in [-0.1, -0.05) is 42.5 Å². The summed E-state index contributed by atoms with van der Waals surface area (Å²) in [6.45, 7) is 2.45. The molecule has 140 valence electrons. The number of rotatable bonds is 5. The third kappa shape index (κ3) is 3.34. The molecule has 0 radical (unpaired) electrons. The minimum Gasteiger partial charge on any atom is -0.493 e. The van der Waals surface area contributed by atoms with Crippen molar-refractivity contribution in [1.82, 2.24) is 0 Å². The minimum absolute atomic E-state index is 0.245. The molecule has 5 nitrogen and oxygen atoms in total. The Morgan fingerprint density at radius 2 is 1.86 bits per heavy atom. The van der Waals surface area contributed by atoms with Crippen molar-refractivity contribution in [2.75, 3.05) is 13.7 Å². The van der Waals surface area contributed by atoms with Gasteiger partial charge in [-0.2, -0.15) is 0 Å². The van der Waals surface area contributed by atoms with Gasteiger partial charge in [0.1, 0.15) is 0 Å². The molecule has 0 unspecified atom stereocenters. The van der Waals surface area contributed by atoms with Crippen LogP contribution in [0.4, 0.5) is 0 Å². The molecule has 5 heteroatoms. The van der Waals surface area contributed by atoms with Crippen molar-refractivity contribution in [1.29, 1.82) is 0 Å². The molecular formula is C23H19NO4. The summed E-state index contributed by atoms with van der Waals surface area (Å²) in [5.41, 5.74) is 1.81. The number of cyclic esters (lactones) is 1. The Balaban J connectivity index is 1.71. The SMILES string of the molecule is CCOc1ccc(/C=C2\N=C(c3cccc4ccccc34)OC2=O)cc1OC. The molecule has 28 heavy (non-hydrogen) atoms. The van der Waals surface area contributed by atoms with E-state index in [1.165, 1.54) is 0 Å². The minimum atomic E-state index is -0.476. The van der Waals surface area contributed by atoms with E-state index in [9.17, 15) is 4.79 Å². The van der Waals surface area contributed by atoms with Gasteiger partial charge >= 0.3 is 5.97 Å². The van der Waals surface area contributed by atoms with Gasteiger partial charge in [-0.05, 0) is 47.5 Å². The zero-order chi connectivity index (χ0) is 19.5. The van der Waals surface area contributed by atoms with E-state index in [-0.39, 0.29) is 5.70 Å². The van der Waals surface area contributed by atoms with Crippen LogP contribution >= 0.6 is 0 Å². The number of hydrogen-bond acceptors (Lipinski definition) is 5. The molecule has 1 aliphatic heterocycles. The third-order valence-electron chi connectivity index (χ3n) is 4.43. The van der Waals surface area contributed by atoms with Crippen LogP contribution < -0.4 is 9.47 Å². The van der Waals surface area contributed by atoms with E-state index in [4.69, 9.17) is 14.2 Å². The summed E-state index contributed by atoms with van der Waals surface area (Å²) in [5, 5.41) is 2.05. The average molecular weight is 373 g/mol. The summed E-state index contributed by atoms with van der Waals surface area (Å²) in [5.74, 6) is 1.09. The van der Waals surface area contributed by atoms with Gasteiger partial charge in [-0.3, -0.25) is 0 Å². The smallest absolute Gasteiger partial charge is 0.363 e. The second-order valence-corrected chi connectivity index (χ2v) is 6.21. The second-order valence-electron chi connectivity index (χ2n) is 6.21. The normalized spacial score (nSPS) is 14.9. The molecule has 3 aromatic carbocycles. The maximum atomic E-state index is 12.4. The van der Waals surface area contributed by atoms with Crippen LogP contribution in [0.15, 0.2) is 71.4 Å². The number of ether oxygens (including phenoxy) is 3. The van der Waals surface area contributed by atoms with Gasteiger partial charge in [0.2, 0.25) is 5.90 Å². The topological polar surface area (TPSA) is 57.1 Å². The Morgan fingerprint density at radius 1 is 1.04 bits per heavy atom. The molecule has 0 saturated heterocycles. The molecule has 0 spiro atoms. The number of esters is 1. The van der Waals surface area contributed by atoms with Gasteiger partial charge in [-0.25, -0.2) is 9.79 Å². The number of carbonyl (C=O) groups is 1. The first-order valence-electron chi connectivity index (χ1n) is 9.01.